The van der Waals surface area contributed by atoms with Gasteiger partial charge in [0.1, 0.15) is 11.6 Å². The number of hydrogen-bond acceptors (Lipinski definition) is 4. The summed E-state index contributed by atoms with van der Waals surface area (Å²) in [6, 6.07) is 4.17. The van der Waals surface area contributed by atoms with Crippen molar-refractivity contribution in [3.8, 4) is 5.75 Å². The standard InChI is InChI=1S/C14H15FN2O2S/c1-9(14-16-5-6-20-14)8-17-13(18)11-4-3-10(19-2)7-12(11)15/h3-7,9H,8H2,1-2H3,(H,17,18). The molecule has 0 saturated heterocycles. The maximum atomic E-state index is 13.7. The van der Waals surface area contributed by atoms with Crippen LogP contribution in [0.5, 0.6) is 5.75 Å². The van der Waals surface area contributed by atoms with Gasteiger partial charge in [0.05, 0.1) is 17.7 Å². The van der Waals surface area contributed by atoms with Gasteiger partial charge in [-0.1, -0.05) is 6.92 Å². The molecule has 6 heteroatoms. The molecule has 1 heterocycles. The summed E-state index contributed by atoms with van der Waals surface area (Å²) in [5.41, 5.74) is 0.0112. The Balaban J connectivity index is 1.98. The van der Waals surface area contributed by atoms with Gasteiger partial charge in [0.15, 0.2) is 0 Å². The Hall–Kier alpha value is -1.95. The van der Waals surface area contributed by atoms with E-state index in [1.165, 1.54) is 30.6 Å². The lowest BCUT2D eigenvalue weighted by Gasteiger charge is -2.11. The fourth-order valence-corrected chi connectivity index (χ4v) is 2.41. The van der Waals surface area contributed by atoms with Gasteiger partial charge in [-0.15, -0.1) is 11.3 Å². The van der Waals surface area contributed by atoms with Crippen molar-refractivity contribution in [3.05, 3.63) is 46.2 Å². The van der Waals surface area contributed by atoms with Crippen LogP contribution in [0.1, 0.15) is 28.2 Å². The predicted octanol–water partition coefficient (Wildman–Crippen LogP) is 2.82. The molecule has 0 aliphatic rings. The molecule has 0 bridgehead atoms. The van der Waals surface area contributed by atoms with Crippen LogP contribution in [0.4, 0.5) is 4.39 Å². The highest BCUT2D eigenvalue weighted by molar-refractivity contribution is 7.09. The van der Waals surface area contributed by atoms with Crippen molar-refractivity contribution >= 4 is 17.2 Å². The van der Waals surface area contributed by atoms with Crippen LogP contribution in [0.25, 0.3) is 0 Å². The van der Waals surface area contributed by atoms with E-state index < -0.39 is 11.7 Å². The Morgan fingerprint density at radius 3 is 2.95 bits per heavy atom. The molecule has 20 heavy (non-hydrogen) atoms. The Labute approximate surface area is 120 Å². The third-order valence-electron chi connectivity index (χ3n) is 2.86. The van der Waals surface area contributed by atoms with E-state index in [1.54, 1.807) is 12.3 Å². The van der Waals surface area contributed by atoms with Crippen LogP contribution in [0, 0.1) is 5.82 Å². The van der Waals surface area contributed by atoms with Gasteiger partial charge in [-0.2, -0.15) is 0 Å². The molecule has 1 atom stereocenters. The molecule has 0 radical (unpaired) electrons. The number of ether oxygens (including phenoxy) is 1. The van der Waals surface area contributed by atoms with E-state index in [1.807, 2.05) is 12.3 Å². The quantitative estimate of drug-likeness (QED) is 0.922. The van der Waals surface area contributed by atoms with E-state index in [0.717, 1.165) is 5.01 Å². The van der Waals surface area contributed by atoms with Crippen LogP contribution in [0.3, 0.4) is 0 Å². The lowest BCUT2D eigenvalue weighted by Crippen LogP contribution is -2.28. The summed E-state index contributed by atoms with van der Waals surface area (Å²) in [5, 5.41) is 5.54. The Morgan fingerprint density at radius 2 is 2.35 bits per heavy atom. The number of aromatic nitrogens is 1. The number of carbonyl (C=O) groups is 1. The Morgan fingerprint density at radius 1 is 1.55 bits per heavy atom. The number of benzene rings is 1. The van der Waals surface area contributed by atoms with Crippen molar-refractivity contribution in [2.75, 3.05) is 13.7 Å². The van der Waals surface area contributed by atoms with Gasteiger partial charge in [0, 0.05) is 30.1 Å². The van der Waals surface area contributed by atoms with Crippen molar-refractivity contribution < 1.29 is 13.9 Å². The molecule has 2 rings (SSSR count). The van der Waals surface area contributed by atoms with Gasteiger partial charge in [-0.25, -0.2) is 9.37 Å². The molecular formula is C14H15FN2O2S. The maximum absolute atomic E-state index is 13.7. The average Bonchev–Trinajstić information content (AvgIpc) is 2.98. The van der Waals surface area contributed by atoms with Crippen molar-refractivity contribution in [1.29, 1.82) is 0 Å². The molecule has 1 amide bonds. The number of carbonyl (C=O) groups excluding carboxylic acids is 1. The third kappa shape index (κ3) is 3.33. The fourth-order valence-electron chi connectivity index (χ4n) is 1.71. The zero-order chi connectivity index (χ0) is 14.5. The smallest absolute Gasteiger partial charge is 0.254 e. The minimum absolute atomic E-state index is 0.0112. The monoisotopic (exact) mass is 294 g/mol. The SMILES string of the molecule is COc1ccc(C(=O)NCC(C)c2nccs2)c(F)c1. The highest BCUT2D eigenvalue weighted by Gasteiger charge is 2.14. The normalized spacial score (nSPS) is 11.9. The highest BCUT2D eigenvalue weighted by atomic mass is 32.1. The molecule has 1 N–H and O–H groups in total. The molecule has 1 aromatic heterocycles. The maximum Gasteiger partial charge on any atom is 0.254 e. The zero-order valence-corrected chi connectivity index (χ0v) is 12.0. The van der Waals surface area contributed by atoms with E-state index in [0.29, 0.717) is 12.3 Å². The Kier molecular flexibility index (Phi) is 4.68. The van der Waals surface area contributed by atoms with Crippen molar-refractivity contribution in [3.63, 3.8) is 0 Å². The Bertz CT molecular complexity index is 587. The minimum atomic E-state index is -0.594. The fraction of sp³-hybridized carbons (Fsp3) is 0.286. The highest BCUT2D eigenvalue weighted by Crippen LogP contribution is 2.18. The van der Waals surface area contributed by atoms with Gasteiger partial charge in [-0.05, 0) is 12.1 Å². The molecule has 0 spiro atoms. The number of methoxy groups -OCH3 is 1. The third-order valence-corrected chi connectivity index (χ3v) is 3.87. The van der Waals surface area contributed by atoms with Crippen LogP contribution in [0.15, 0.2) is 29.8 Å². The van der Waals surface area contributed by atoms with Crippen LogP contribution in [0.2, 0.25) is 0 Å². The van der Waals surface area contributed by atoms with Crippen molar-refractivity contribution in [1.82, 2.24) is 10.3 Å². The van der Waals surface area contributed by atoms with Crippen LogP contribution < -0.4 is 10.1 Å². The number of thiazole rings is 1. The molecule has 2 aromatic rings. The van der Waals surface area contributed by atoms with Crippen LogP contribution >= 0.6 is 11.3 Å². The first kappa shape index (κ1) is 14.5. The van der Waals surface area contributed by atoms with Gasteiger partial charge >= 0.3 is 0 Å². The van der Waals surface area contributed by atoms with Crippen LogP contribution in [-0.2, 0) is 0 Å². The number of nitrogens with one attached hydrogen (secondary N) is 1. The summed E-state index contributed by atoms with van der Waals surface area (Å²) < 4.78 is 18.6. The number of hydrogen-bond donors (Lipinski definition) is 1. The van der Waals surface area contributed by atoms with E-state index in [4.69, 9.17) is 4.74 Å². The first-order valence-electron chi connectivity index (χ1n) is 6.13. The number of halogens is 1. The van der Waals surface area contributed by atoms with Gasteiger partial charge < -0.3 is 10.1 Å². The summed E-state index contributed by atoms with van der Waals surface area (Å²) in [4.78, 5) is 16.1. The molecule has 0 fully saturated rings. The lowest BCUT2D eigenvalue weighted by molar-refractivity contribution is 0.0947. The average molecular weight is 294 g/mol. The summed E-state index contributed by atoms with van der Waals surface area (Å²) in [6.07, 6.45) is 1.72. The van der Waals surface area contributed by atoms with Gasteiger partial charge in [0.25, 0.3) is 5.91 Å². The van der Waals surface area contributed by atoms with E-state index in [-0.39, 0.29) is 11.5 Å². The first-order valence-corrected chi connectivity index (χ1v) is 7.01. The first-order chi connectivity index (χ1) is 9.61. The number of nitrogens with zero attached hydrogens (tertiary/aromatic N) is 1. The summed E-state index contributed by atoms with van der Waals surface area (Å²) in [7, 11) is 1.45. The second-order valence-corrected chi connectivity index (χ2v) is 5.25. The minimum Gasteiger partial charge on any atom is -0.497 e. The van der Waals surface area contributed by atoms with Crippen molar-refractivity contribution in [2.45, 2.75) is 12.8 Å². The molecule has 0 aliphatic carbocycles. The summed E-state index contributed by atoms with van der Waals surface area (Å²) >= 11 is 1.53. The molecule has 1 unspecified atom stereocenters. The van der Waals surface area contributed by atoms with Gasteiger partial charge in [-0.3, -0.25) is 4.79 Å². The molecule has 0 saturated carbocycles. The molecule has 4 nitrogen and oxygen atoms in total. The molecule has 106 valence electrons. The van der Waals surface area contributed by atoms with E-state index in [2.05, 4.69) is 10.3 Å². The van der Waals surface area contributed by atoms with E-state index in [9.17, 15) is 9.18 Å². The summed E-state index contributed by atoms with van der Waals surface area (Å²) in [6.45, 7) is 2.38. The van der Waals surface area contributed by atoms with Crippen LogP contribution in [-0.4, -0.2) is 24.5 Å². The molecule has 0 aliphatic heterocycles. The molecule has 1 aromatic carbocycles. The predicted molar refractivity (Wildman–Crippen MR) is 75.8 cm³/mol. The second-order valence-electron chi connectivity index (χ2n) is 4.33. The largest absolute Gasteiger partial charge is 0.497 e. The van der Waals surface area contributed by atoms with Gasteiger partial charge in [0.2, 0.25) is 0 Å². The molecular weight excluding hydrogens is 279 g/mol. The zero-order valence-electron chi connectivity index (χ0n) is 11.2. The van der Waals surface area contributed by atoms with E-state index >= 15 is 0 Å². The number of rotatable bonds is 5. The topological polar surface area (TPSA) is 51.2 Å². The lowest BCUT2D eigenvalue weighted by atomic mass is 10.1. The number of amides is 1. The second kappa shape index (κ2) is 6.47. The van der Waals surface area contributed by atoms with Crippen molar-refractivity contribution in [2.24, 2.45) is 0 Å². The summed E-state index contributed by atoms with van der Waals surface area (Å²) in [5.74, 6) is -0.548.